The highest BCUT2D eigenvalue weighted by Gasteiger charge is 2.27. The van der Waals surface area contributed by atoms with Crippen LogP contribution in [0.1, 0.15) is 63.7 Å². The van der Waals surface area contributed by atoms with Crippen LogP contribution in [0.15, 0.2) is 48.5 Å². The fourth-order valence-electron chi connectivity index (χ4n) is 5.67. The molecule has 2 aromatic heterocycles. The van der Waals surface area contributed by atoms with Crippen molar-refractivity contribution < 1.29 is 23.8 Å². The normalized spacial score (nSPS) is 17.2. The Labute approximate surface area is 248 Å². The molecule has 2 aliphatic heterocycles. The first-order valence-corrected chi connectivity index (χ1v) is 14.3. The number of fused-ring (bicyclic) bond motifs is 1. The number of imidazole rings is 1. The summed E-state index contributed by atoms with van der Waals surface area (Å²) in [7, 11) is 0. The number of nitrogens with zero attached hydrogens (tertiary/aromatic N) is 5. The Morgan fingerprint density at radius 2 is 1.98 bits per heavy atom. The average molecular weight is 580 g/mol. The highest BCUT2D eigenvalue weighted by Crippen LogP contribution is 2.30. The van der Waals surface area contributed by atoms with Crippen LogP contribution in [0.25, 0.3) is 11.0 Å². The largest absolute Gasteiger partial charge is 0.478 e. The molecule has 2 fully saturated rings. The Kier molecular flexibility index (Phi) is 8.06. The molecule has 10 heteroatoms. The number of piperidine rings is 1. The van der Waals surface area contributed by atoms with Crippen molar-refractivity contribution >= 4 is 17.0 Å². The van der Waals surface area contributed by atoms with Crippen LogP contribution >= 0.6 is 0 Å². The van der Waals surface area contributed by atoms with Crippen LogP contribution in [0.2, 0.25) is 0 Å². The van der Waals surface area contributed by atoms with Crippen LogP contribution in [-0.2, 0) is 24.4 Å². The third-order valence-corrected chi connectivity index (χ3v) is 8.19. The van der Waals surface area contributed by atoms with Crippen LogP contribution < -0.4 is 4.74 Å². The molecule has 0 saturated carbocycles. The van der Waals surface area contributed by atoms with Crippen LogP contribution in [0.5, 0.6) is 5.88 Å². The van der Waals surface area contributed by atoms with Gasteiger partial charge >= 0.3 is 5.97 Å². The zero-order chi connectivity index (χ0) is 29.9. The maximum atomic E-state index is 14.3. The van der Waals surface area contributed by atoms with Crippen molar-refractivity contribution in [3.05, 3.63) is 88.1 Å². The van der Waals surface area contributed by atoms with Gasteiger partial charge in [0.2, 0.25) is 5.88 Å². The first-order valence-electron chi connectivity index (χ1n) is 14.3. The van der Waals surface area contributed by atoms with Crippen LogP contribution in [-0.4, -0.2) is 56.3 Å². The number of rotatable bonds is 9. The summed E-state index contributed by atoms with van der Waals surface area (Å²) in [4.78, 5) is 23.7. The third-order valence-electron chi connectivity index (χ3n) is 8.19. The van der Waals surface area contributed by atoms with E-state index in [2.05, 4.69) is 15.4 Å². The maximum Gasteiger partial charge on any atom is 0.335 e. The minimum absolute atomic E-state index is 0.0225. The summed E-state index contributed by atoms with van der Waals surface area (Å²) < 4.78 is 27.8. The van der Waals surface area contributed by atoms with E-state index < -0.39 is 11.8 Å². The molecule has 218 valence electrons. The Hall–Kier alpha value is -4.77. The smallest absolute Gasteiger partial charge is 0.335 e. The predicted octanol–water partition coefficient (Wildman–Crippen LogP) is 4.87. The van der Waals surface area contributed by atoms with Gasteiger partial charge in [-0.05, 0) is 62.7 Å². The lowest BCUT2D eigenvalue weighted by atomic mass is 9.93. The van der Waals surface area contributed by atoms with E-state index in [1.807, 2.05) is 18.2 Å². The van der Waals surface area contributed by atoms with E-state index in [1.54, 1.807) is 24.3 Å². The van der Waals surface area contributed by atoms with Gasteiger partial charge in [0.15, 0.2) is 0 Å². The number of hydrogen-bond donors (Lipinski definition) is 1. The number of carboxylic acid groups (broad SMARTS) is 1. The van der Waals surface area contributed by atoms with Crippen molar-refractivity contribution in [2.24, 2.45) is 0 Å². The first-order chi connectivity index (χ1) is 20.9. The number of aromatic carboxylic acids is 1. The number of aromatic nitrogens is 3. The molecule has 2 aliphatic rings. The van der Waals surface area contributed by atoms with Gasteiger partial charge in [-0.1, -0.05) is 18.1 Å². The van der Waals surface area contributed by atoms with Gasteiger partial charge in [-0.25, -0.2) is 19.2 Å². The number of hydrogen-bond acceptors (Lipinski definition) is 7. The molecule has 0 amide bonds. The number of terminal acetylenes is 1. The molecule has 6 rings (SSSR count). The molecule has 2 aromatic carbocycles. The van der Waals surface area contributed by atoms with Crippen molar-refractivity contribution in [1.29, 1.82) is 5.26 Å². The molecule has 4 aromatic rings. The van der Waals surface area contributed by atoms with E-state index in [4.69, 9.17) is 31.1 Å². The second-order valence-electron chi connectivity index (χ2n) is 10.9. The van der Waals surface area contributed by atoms with Gasteiger partial charge in [-0.2, -0.15) is 5.26 Å². The Morgan fingerprint density at radius 3 is 2.65 bits per heavy atom. The highest BCUT2D eigenvalue weighted by atomic mass is 19.1. The molecule has 2 saturated heterocycles. The van der Waals surface area contributed by atoms with Gasteiger partial charge < -0.3 is 19.1 Å². The van der Waals surface area contributed by atoms with E-state index in [-0.39, 0.29) is 29.8 Å². The topological polar surface area (TPSA) is 113 Å². The predicted molar refractivity (Wildman–Crippen MR) is 156 cm³/mol. The number of carboxylic acids is 1. The summed E-state index contributed by atoms with van der Waals surface area (Å²) in [5.41, 5.74) is 3.54. The second-order valence-corrected chi connectivity index (χ2v) is 10.9. The number of likely N-dealkylation sites (tertiary alicyclic amines) is 1. The lowest BCUT2D eigenvalue weighted by Gasteiger charge is -2.32. The van der Waals surface area contributed by atoms with Crippen molar-refractivity contribution in [2.75, 3.05) is 19.7 Å². The van der Waals surface area contributed by atoms with E-state index in [0.717, 1.165) is 56.0 Å². The summed E-state index contributed by atoms with van der Waals surface area (Å²) in [6.45, 7) is 3.61. The van der Waals surface area contributed by atoms with Gasteiger partial charge in [-0.3, -0.25) is 4.90 Å². The fourth-order valence-corrected chi connectivity index (χ4v) is 5.67. The second kappa shape index (κ2) is 12.2. The molecular weight excluding hydrogens is 549 g/mol. The molecule has 1 atom stereocenters. The van der Waals surface area contributed by atoms with E-state index in [1.165, 1.54) is 12.1 Å². The average Bonchev–Trinajstić information content (AvgIpc) is 3.34. The number of benzene rings is 2. The Balaban J connectivity index is 1.14. The van der Waals surface area contributed by atoms with Crippen molar-refractivity contribution in [2.45, 2.75) is 51.0 Å². The summed E-state index contributed by atoms with van der Waals surface area (Å²) >= 11 is 0. The maximum absolute atomic E-state index is 14.3. The highest BCUT2D eigenvalue weighted by molar-refractivity contribution is 5.95. The quantitative estimate of drug-likeness (QED) is 0.280. The summed E-state index contributed by atoms with van der Waals surface area (Å²) in [6, 6.07) is 15.1. The van der Waals surface area contributed by atoms with E-state index in [9.17, 15) is 14.3 Å². The van der Waals surface area contributed by atoms with Crippen LogP contribution in [0.4, 0.5) is 4.39 Å². The number of halogens is 1. The van der Waals surface area contributed by atoms with E-state index >= 15 is 0 Å². The molecule has 0 aliphatic carbocycles. The lowest BCUT2D eigenvalue weighted by Crippen LogP contribution is -2.35. The summed E-state index contributed by atoms with van der Waals surface area (Å²) in [6.07, 6.45) is 8.55. The molecule has 4 heterocycles. The Bertz CT molecular complexity index is 1760. The number of carbonyl (C=O) groups is 1. The minimum Gasteiger partial charge on any atom is -0.478 e. The van der Waals surface area contributed by atoms with Crippen molar-refractivity contribution in [3.63, 3.8) is 0 Å². The zero-order valence-electron chi connectivity index (χ0n) is 23.5. The molecule has 0 unspecified atom stereocenters. The van der Waals surface area contributed by atoms with Crippen LogP contribution in [0.3, 0.4) is 0 Å². The van der Waals surface area contributed by atoms with Gasteiger partial charge in [0.25, 0.3) is 0 Å². The number of nitriles is 1. The van der Waals surface area contributed by atoms with Gasteiger partial charge in [0.05, 0.1) is 47.5 Å². The summed E-state index contributed by atoms with van der Waals surface area (Å²) in [5, 5.41) is 18.6. The molecule has 1 N–H and O–H groups in total. The van der Waals surface area contributed by atoms with Gasteiger partial charge in [-0.15, -0.1) is 6.42 Å². The zero-order valence-corrected chi connectivity index (χ0v) is 23.5. The molecule has 9 nitrogen and oxygen atoms in total. The Morgan fingerprint density at radius 1 is 1.16 bits per heavy atom. The van der Waals surface area contributed by atoms with Gasteiger partial charge in [0.1, 0.15) is 23.8 Å². The van der Waals surface area contributed by atoms with Gasteiger partial charge in [0, 0.05) is 29.8 Å². The molecule has 0 spiro atoms. The number of pyridine rings is 1. The SMILES string of the molecule is C#Cc1cc(C(=O)O)cc2c1nc(CN1CCC(c3cccc(OCc4ccc(C#N)cc4F)n3)CC1)n2C[C@@H]1CCO1. The first kappa shape index (κ1) is 28.4. The molecule has 0 bridgehead atoms. The van der Waals surface area contributed by atoms with E-state index in [0.29, 0.717) is 35.6 Å². The van der Waals surface area contributed by atoms with Crippen LogP contribution in [0, 0.1) is 29.5 Å². The fraction of sp³-hybridized carbons (Fsp3) is 0.333. The minimum atomic E-state index is -1.03. The standard InChI is InChI=1S/C33H30FN5O4/c1-2-22-15-25(33(40)41)16-29-32(22)37-30(39(29)18-26-10-13-42-26)19-38-11-8-23(9-12-38)28-4-3-5-31(36-28)43-20-24-7-6-21(17-35)14-27(24)34/h1,3-7,14-16,23,26H,8-13,18-20H2,(H,40,41)/t26-/m0/s1. The monoisotopic (exact) mass is 579 g/mol. The van der Waals surface area contributed by atoms with Crippen molar-refractivity contribution in [1.82, 2.24) is 19.4 Å². The molecule has 0 radical (unpaired) electrons. The molecular formula is C33H30FN5O4. The van der Waals surface area contributed by atoms with Crippen molar-refractivity contribution in [3.8, 4) is 24.3 Å². The third kappa shape index (κ3) is 6.07. The lowest BCUT2D eigenvalue weighted by molar-refractivity contribution is -0.0592. The molecule has 43 heavy (non-hydrogen) atoms. The summed E-state index contributed by atoms with van der Waals surface area (Å²) in [5.74, 6) is 2.63. The number of ether oxygens (including phenoxy) is 2.